The number of benzene rings is 1. The molecule has 0 saturated heterocycles. The van der Waals surface area contributed by atoms with Gasteiger partial charge in [-0.15, -0.1) is 0 Å². The molecule has 0 radical (unpaired) electrons. The fourth-order valence-electron chi connectivity index (χ4n) is 2.20. The van der Waals surface area contributed by atoms with Gasteiger partial charge in [0, 0.05) is 28.2 Å². The van der Waals surface area contributed by atoms with E-state index < -0.39 is 0 Å². The van der Waals surface area contributed by atoms with Crippen molar-refractivity contribution in [2.75, 3.05) is 41.3 Å². The summed E-state index contributed by atoms with van der Waals surface area (Å²) in [6.07, 6.45) is 0. The molecule has 0 saturated carbocycles. The van der Waals surface area contributed by atoms with E-state index in [2.05, 4.69) is 37.9 Å². The highest BCUT2D eigenvalue weighted by Crippen LogP contribution is 2.30. The van der Waals surface area contributed by atoms with Gasteiger partial charge in [0.1, 0.15) is 12.4 Å². The maximum atomic E-state index is 5.93. The molecule has 1 aromatic rings. The number of hydrogen-bond acceptors (Lipinski definition) is 2. The van der Waals surface area contributed by atoms with Crippen molar-refractivity contribution in [2.24, 2.45) is 4.99 Å². The summed E-state index contributed by atoms with van der Waals surface area (Å²) in [4.78, 5) is 8.58. The lowest BCUT2D eigenvalue weighted by Gasteiger charge is -2.23. The Kier molecular flexibility index (Phi) is 6.06. The van der Waals surface area contributed by atoms with Crippen LogP contribution in [0.2, 0.25) is 0 Å². The van der Waals surface area contributed by atoms with E-state index in [1.165, 1.54) is 5.56 Å². The SMILES string of the molecule is CN(C)C(=NCCOc1ccccc1C(C)(C)C)N(C)C. The Morgan fingerprint density at radius 1 is 1.05 bits per heavy atom. The molecule has 0 aliphatic carbocycles. The molecule has 4 heteroatoms. The number of para-hydroxylation sites is 1. The van der Waals surface area contributed by atoms with Crippen LogP contribution < -0.4 is 4.74 Å². The van der Waals surface area contributed by atoms with Crippen LogP contribution in [0.1, 0.15) is 26.3 Å². The smallest absolute Gasteiger partial charge is 0.195 e. The second-order valence-corrected chi connectivity index (χ2v) is 6.57. The first kappa shape index (κ1) is 17.3. The average molecular weight is 291 g/mol. The third-order valence-corrected chi connectivity index (χ3v) is 3.10. The van der Waals surface area contributed by atoms with Crippen LogP contribution in [0.15, 0.2) is 29.3 Å². The molecule has 4 nitrogen and oxygen atoms in total. The van der Waals surface area contributed by atoms with Crippen LogP contribution in [-0.2, 0) is 5.41 Å². The highest BCUT2D eigenvalue weighted by molar-refractivity contribution is 5.79. The minimum Gasteiger partial charge on any atom is -0.491 e. The van der Waals surface area contributed by atoms with Crippen molar-refractivity contribution in [3.63, 3.8) is 0 Å². The normalized spacial score (nSPS) is 11.0. The number of aliphatic imine (C=N–C) groups is 1. The quantitative estimate of drug-likeness (QED) is 0.485. The molecule has 0 atom stereocenters. The van der Waals surface area contributed by atoms with Crippen LogP contribution in [-0.4, -0.2) is 57.1 Å². The molecule has 21 heavy (non-hydrogen) atoms. The second kappa shape index (κ2) is 7.34. The predicted octanol–water partition coefficient (Wildman–Crippen LogP) is 2.84. The summed E-state index contributed by atoms with van der Waals surface area (Å²) in [5.41, 5.74) is 1.31. The van der Waals surface area contributed by atoms with Crippen molar-refractivity contribution in [3.05, 3.63) is 29.8 Å². The van der Waals surface area contributed by atoms with Gasteiger partial charge in [-0.3, -0.25) is 0 Å². The molecule has 1 aromatic carbocycles. The topological polar surface area (TPSA) is 28.1 Å². The van der Waals surface area contributed by atoms with Gasteiger partial charge < -0.3 is 14.5 Å². The summed E-state index contributed by atoms with van der Waals surface area (Å²) in [6.45, 7) is 7.82. The number of rotatable bonds is 4. The van der Waals surface area contributed by atoms with Crippen molar-refractivity contribution >= 4 is 5.96 Å². The van der Waals surface area contributed by atoms with Crippen LogP contribution in [0.4, 0.5) is 0 Å². The van der Waals surface area contributed by atoms with Gasteiger partial charge >= 0.3 is 0 Å². The summed E-state index contributed by atoms with van der Waals surface area (Å²) >= 11 is 0. The Labute approximate surface area is 129 Å². The summed E-state index contributed by atoms with van der Waals surface area (Å²) in [5, 5.41) is 0. The van der Waals surface area contributed by atoms with E-state index in [-0.39, 0.29) is 5.41 Å². The number of nitrogens with zero attached hydrogens (tertiary/aromatic N) is 3. The van der Waals surface area contributed by atoms with Crippen LogP contribution in [0, 0.1) is 0 Å². The lowest BCUT2D eigenvalue weighted by atomic mass is 9.86. The Balaban J connectivity index is 2.67. The van der Waals surface area contributed by atoms with Crippen molar-refractivity contribution in [1.29, 1.82) is 0 Å². The minimum absolute atomic E-state index is 0.0816. The average Bonchev–Trinajstić information content (AvgIpc) is 2.36. The van der Waals surface area contributed by atoms with E-state index >= 15 is 0 Å². The molecule has 0 N–H and O–H groups in total. The molecule has 0 spiro atoms. The van der Waals surface area contributed by atoms with E-state index in [0.29, 0.717) is 13.2 Å². The summed E-state index contributed by atoms with van der Waals surface area (Å²) < 4.78 is 5.93. The van der Waals surface area contributed by atoms with Gasteiger partial charge in [-0.1, -0.05) is 39.0 Å². The lowest BCUT2D eigenvalue weighted by Crippen LogP contribution is -2.35. The maximum Gasteiger partial charge on any atom is 0.195 e. The standard InChI is InChI=1S/C17H29N3O/c1-17(2,3)14-10-8-9-11-15(14)21-13-12-18-16(19(4)5)20(6)7/h8-11H,12-13H2,1-7H3. The Hall–Kier alpha value is -1.71. The van der Waals surface area contributed by atoms with Crippen LogP contribution >= 0.6 is 0 Å². The van der Waals surface area contributed by atoms with Gasteiger partial charge in [0.25, 0.3) is 0 Å². The predicted molar refractivity (Wildman–Crippen MR) is 90.3 cm³/mol. The first-order valence-electron chi connectivity index (χ1n) is 7.35. The van der Waals surface area contributed by atoms with Gasteiger partial charge in [-0.05, 0) is 17.0 Å². The molecule has 1 rings (SSSR count). The minimum atomic E-state index is 0.0816. The summed E-state index contributed by atoms with van der Waals surface area (Å²) in [6, 6.07) is 8.23. The van der Waals surface area contributed by atoms with E-state index in [4.69, 9.17) is 4.74 Å². The number of hydrogen-bond donors (Lipinski definition) is 0. The molecule has 0 fully saturated rings. The van der Waals surface area contributed by atoms with Crippen LogP contribution in [0.3, 0.4) is 0 Å². The fraction of sp³-hybridized carbons (Fsp3) is 0.588. The van der Waals surface area contributed by atoms with Gasteiger partial charge in [0.05, 0.1) is 6.54 Å². The van der Waals surface area contributed by atoms with E-state index in [1.807, 2.05) is 50.1 Å². The molecule has 118 valence electrons. The fourth-order valence-corrected chi connectivity index (χ4v) is 2.20. The van der Waals surface area contributed by atoms with Crippen molar-refractivity contribution in [3.8, 4) is 5.75 Å². The van der Waals surface area contributed by atoms with Crippen molar-refractivity contribution < 1.29 is 4.74 Å². The molecular formula is C17H29N3O. The third kappa shape index (κ3) is 5.29. The zero-order chi connectivity index (χ0) is 16.0. The van der Waals surface area contributed by atoms with E-state index in [0.717, 1.165) is 11.7 Å². The molecule has 0 aromatic heterocycles. The number of ether oxygens (including phenoxy) is 1. The monoisotopic (exact) mass is 291 g/mol. The zero-order valence-corrected chi connectivity index (χ0v) is 14.5. The van der Waals surface area contributed by atoms with E-state index in [9.17, 15) is 0 Å². The van der Waals surface area contributed by atoms with Crippen molar-refractivity contribution in [1.82, 2.24) is 9.80 Å². The zero-order valence-electron chi connectivity index (χ0n) is 14.5. The molecule has 0 bridgehead atoms. The first-order valence-corrected chi connectivity index (χ1v) is 7.35. The Bertz CT molecular complexity index is 463. The molecular weight excluding hydrogens is 262 g/mol. The Morgan fingerprint density at radius 3 is 2.14 bits per heavy atom. The summed E-state index contributed by atoms with van der Waals surface area (Å²) in [7, 11) is 7.98. The molecule has 0 aliphatic rings. The lowest BCUT2D eigenvalue weighted by molar-refractivity contribution is 0.317. The molecule has 0 amide bonds. The summed E-state index contributed by atoms with van der Waals surface area (Å²) in [5.74, 6) is 1.90. The van der Waals surface area contributed by atoms with Gasteiger partial charge in [0.2, 0.25) is 0 Å². The van der Waals surface area contributed by atoms with Gasteiger partial charge in [-0.2, -0.15) is 0 Å². The maximum absolute atomic E-state index is 5.93. The molecule has 0 aliphatic heterocycles. The Morgan fingerprint density at radius 2 is 1.62 bits per heavy atom. The van der Waals surface area contributed by atoms with Crippen molar-refractivity contribution in [2.45, 2.75) is 26.2 Å². The third-order valence-electron chi connectivity index (χ3n) is 3.10. The number of guanidine groups is 1. The van der Waals surface area contributed by atoms with Crippen LogP contribution in [0.25, 0.3) is 0 Å². The highest BCUT2D eigenvalue weighted by atomic mass is 16.5. The molecule has 0 unspecified atom stereocenters. The van der Waals surface area contributed by atoms with Gasteiger partial charge in [0.15, 0.2) is 5.96 Å². The first-order chi connectivity index (χ1) is 9.73. The van der Waals surface area contributed by atoms with Gasteiger partial charge in [-0.25, -0.2) is 4.99 Å². The largest absolute Gasteiger partial charge is 0.491 e. The second-order valence-electron chi connectivity index (χ2n) is 6.57. The highest BCUT2D eigenvalue weighted by Gasteiger charge is 2.18. The van der Waals surface area contributed by atoms with Crippen LogP contribution in [0.5, 0.6) is 5.75 Å². The molecule has 0 heterocycles. The van der Waals surface area contributed by atoms with E-state index in [1.54, 1.807) is 0 Å².